The molecule has 1 N–H and O–H groups in total. The zero-order valence-corrected chi connectivity index (χ0v) is 12.2. The molecule has 0 aliphatic carbocycles. The maximum Gasteiger partial charge on any atom is 0.171 e. The molecule has 0 saturated carbocycles. The molecule has 0 spiro atoms. The lowest BCUT2D eigenvalue weighted by Gasteiger charge is -2.12. The number of carbonyl (C=O) groups excluding carboxylic acids is 1. The summed E-state index contributed by atoms with van der Waals surface area (Å²) in [6, 6.07) is 13.0. The number of hydrogen-bond donors (Lipinski definition) is 1. The molecule has 0 bridgehead atoms. The molecule has 0 aliphatic heterocycles. The average Bonchev–Trinajstić information content (AvgIpc) is 2.44. The molecule has 2 aromatic carbocycles. The summed E-state index contributed by atoms with van der Waals surface area (Å²) in [5.41, 5.74) is 0.532. The predicted octanol–water partition coefficient (Wildman–Crippen LogP) is 4.14. The number of Topliss-reactive ketones (excluding diaryl/α,β-unsaturated/α-hetero) is 1. The minimum atomic E-state index is -0.0548. The molecule has 0 fully saturated rings. The summed E-state index contributed by atoms with van der Waals surface area (Å²) in [4.78, 5) is 13.2. The molecule has 0 atom stereocenters. The molecule has 0 saturated heterocycles. The van der Waals surface area contributed by atoms with Crippen LogP contribution in [-0.4, -0.2) is 17.5 Å². The van der Waals surface area contributed by atoms with Gasteiger partial charge in [0.15, 0.2) is 17.3 Å². The van der Waals surface area contributed by atoms with E-state index in [9.17, 15) is 9.90 Å². The Hall–Kier alpha value is -1.94. The van der Waals surface area contributed by atoms with E-state index in [2.05, 4.69) is 0 Å². The zero-order chi connectivity index (χ0) is 14.5. The summed E-state index contributed by atoms with van der Waals surface area (Å²) >= 11 is 1.40. The van der Waals surface area contributed by atoms with Crippen molar-refractivity contribution in [1.82, 2.24) is 0 Å². The molecular formula is C16H16O3S. The van der Waals surface area contributed by atoms with Gasteiger partial charge >= 0.3 is 0 Å². The van der Waals surface area contributed by atoms with E-state index in [1.54, 1.807) is 12.1 Å². The Bertz CT molecular complexity index is 609. The van der Waals surface area contributed by atoms with Gasteiger partial charge in [0.05, 0.1) is 11.5 Å². The molecule has 0 aromatic heterocycles. The highest BCUT2D eigenvalue weighted by molar-refractivity contribution is 7.99. The van der Waals surface area contributed by atoms with Crippen LogP contribution in [0.1, 0.15) is 24.2 Å². The number of hydrogen-bond acceptors (Lipinski definition) is 4. The van der Waals surface area contributed by atoms with Crippen molar-refractivity contribution >= 4 is 17.5 Å². The van der Waals surface area contributed by atoms with Crippen LogP contribution in [0.5, 0.6) is 11.5 Å². The molecule has 2 aromatic rings. The average molecular weight is 288 g/mol. The van der Waals surface area contributed by atoms with Crippen molar-refractivity contribution in [3.63, 3.8) is 0 Å². The van der Waals surface area contributed by atoms with E-state index >= 15 is 0 Å². The summed E-state index contributed by atoms with van der Waals surface area (Å²) in [5.74, 6) is 0.366. The molecule has 20 heavy (non-hydrogen) atoms. The molecule has 0 heterocycles. The maximum atomic E-state index is 11.6. The number of rotatable bonds is 5. The van der Waals surface area contributed by atoms with Gasteiger partial charge in [-0.2, -0.15) is 0 Å². The first kappa shape index (κ1) is 14.5. The number of carbonyl (C=O) groups is 1. The van der Waals surface area contributed by atoms with Crippen LogP contribution in [-0.2, 0) is 0 Å². The summed E-state index contributed by atoms with van der Waals surface area (Å²) < 4.78 is 5.39. The maximum absolute atomic E-state index is 11.6. The largest absolute Gasteiger partial charge is 0.503 e. The number of ether oxygens (including phenoxy) is 1. The van der Waals surface area contributed by atoms with Gasteiger partial charge in [-0.15, -0.1) is 0 Å². The van der Waals surface area contributed by atoms with Crippen LogP contribution in [0.4, 0.5) is 0 Å². The topological polar surface area (TPSA) is 46.5 Å². The van der Waals surface area contributed by atoms with Gasteiger partial charge in [0, 0.05) is 10.5 Å². The molecule has 0 unspecified atom stereocenters. The third kappa shape index (κ3) is 3.33. The van der Waals surface area contributed by atoms with Gasteiger partial charge in [0.2, 0.25) is 0 Å². The van der Waals surface area contributed by atoms with Crippen LogP contribution >= 0.6 is 11.8 Å². The Labute approximate surface area is 122 Å². The second kappa shape index (κ2) is 6.48. The normalized spacial score (nSPS) is 10.3. The lowest BCUT2D eigenvalue weighted by molar-refractivity contribution is 0.101. The van der Waals surface area contributed by atoms with Crippen LogP contribution in [0.15, 0.2) is 52.3 Å². The predicted molar refractivity (Wildman–Crippen MR) is 79.8 cm³/mol. The lowest BCUT2D eigenvalue weighted by atomic mass is 10.1. The smallest absolute Gasteiger partial charge is 0.171 e. The van der Waals surface area contributed by atoms with Crippen molar-refractivity contribution in [1.29, 1.82) is 0 Å². The third-order valence-electron chi connectivity index (χ3n) is 2.72. The molecule has 4 heteroatoms. The monoisotopic (exact) mass is 288 g/mol. The molecule has 0 aliphatic rings. The fraction of sp³-hybridized carbons (Fsp3) is 0.188. The van der Waals surface area contributed by atoms with Gasteiger partial charge in [0.25, 0.3) is 0 Å². The van der Waals surface area contributed by atoms with Crippen LogP contribution < -0.4 is 4.74 Å². The Morgan fingerprint density at radius 1 is 1.25 bits per heavy atom. The summed E-state index contributed by atoms with van der Waals surface area (Å²) in [6.07, 6.45) is 0. The van der Waals surface area contributed by atoms with E-state index in [4.69, 9.17) is 4.74 Å². The molecule has 0 radical (unpaired) electrons. The minimum absolute atomic E-state index is 0.0548. The molecule has 2 rings (SSSR count). The SMILES string of the molecule is CCOc1cc(C(C)=O)cc(Sc2ccccc2)c1O. The van der Waals surface area contributed by atoms with E-state index in [-0.39, 0.29) is 11.5 Å². The fourth-order valence-corrected chi connectivity index (χ4v) is 2.67. The molecule has 104 valence electrons. The van der Waals surface area contributed by atoms with Crippen molar-refractivity contribution in [2.24, 2.45) is 0 Å². The number of ketones is 1. The van der Waals surface area contributed by atoms with Gasteiger partial charge < -0.3 is 9.84 Å². The number of aromatic hydroxyl groups is 1. The molecule has 3 nitrogen and oxygen atoms in total. The Balaban J connectivity index is 2.42. The van der Waals surface area contributed by atoms with Gasteiger partial charge in [0.1, 0.15) is 0 Å². The van der Waals surface area contributed by atoms with Gasteiger partial charge in [-0.05, 0) is 38.1 Å². The first-order valence-corrected chi connectivity index (χ1v) is 7.17. The van der Waals surface area contributed by atoms with Crippen molar-refractivity contribution in [2.45, 2.75) is 23.6 Å². The first-order chi connectivity index (χ1) is 9.61. The first-order valence-electron chi connectivity index (χ1n) is 6.35. The van der Waals surface area contributed by atoms with E-state index in [0.717, 1.165) is 4.90 Å². The van der Waals surface area contributed by atoms with Crippen molar-refractivity contribution in [3.8, 4) is 11.5 Å². The minimum Gasteiger partial charge on any atom is -0.503 e. The van der Waals surface area contributed by atoms with E-state index in [0.29, 0.717) is 22.8 Å². The van der Waals surface area contributed by atoms with Crippen LogP contribution in [0.2, 0.25) is 0 Å². The zero-order valence-electron chi connectivity index (χ0n) is 11.4. The summed E-state index contributed by atoms with van der Waals surface area (Å²) in [5, 5.41) is 10.2. The van der Waals surface area contributed by atoms with Gasteiger partial charge in [-0.3, -0.25) is 4.79 Å². The lowest BCUT2D eigenvalue weighted by Crippen LogP contribution is -1.98. The Morgan fingerprint density at radius 2 is 1.95 bits per heavy atom. The quantitative estimate of drug-likeness (QED) is 0.840. The number of phenolic OH excluding ortho intramolecular Hbond substituents is 1. The van der Waals surface area contributed by atoms with Crippen LogP contribution in [0.25, 0.3) is 0 Å². The highest BCUT2D eigenvalue weighted by Crippen LogP contribution is 2.41. The molecular weight excluding hydrogens is 272 g/mol. The fourth-order valence-electron chi connectivity index (χ4n) is 1.74. The summed E-state index contributed by atoms with van der Waals surface area (Å²) in [7, 11) is 0. The number of benzene rings is 2. The second-order valence-corrected chi connectivity index (χ2v) is 5.34. The van der Waals surface area contributed by atoms with E-state index in [1.165, 1.54) is 18.7 Å². The van der Waals surface area contributed by atoms with Gasteiger partial charge in [-0.1, -0.05) is 30.0 Å². The highest BCUT2D eigenvalue weighted by atomic mass is 32.2. The van der Waals surface area contributed by atoms with Crippen molar-refractivity contribution in [3.05, 3.63) is 48.0 Å². The van der Waals surface area contributed by atoms with E-state index in [1.807, 2.05) is 37.3 Å². The van der Waals surface area contributed by atoms with Crippen molar-refractivity contribution < 1.29 is 14.6 Å². The number of phenols is 1. The second-order valence-electron chi connectivity index (χ2n) is 4.23. The van der Waals surface area contributed by atoms with Crippen LogP contribution in [0, 0.1) is 0 Å². The van der Waals surface area contributed by atoms with Gasteiger partial charge in [-0.25, -0.2) is 0 Å². The Morgan fingerprint density at radius 3 is 2.55 bits per heavy atom. The van der Waals surface area contributed by atoms with Crippen molar-refractivity contribution in [2.75, 3.05) is 6.61 Å². The molecule has 0 amide bonds. The summed E-state index contributed by atoms with van der Waals surface area (Å²) in [6.45, 7) is 3.77. The standard InChI is InChI=1S/C16H16O3S/c1-3-19-14-9-12(11(2)17)10-15(16(14)18)20-13-7-5-4-6-8-13/h4-10,18H,3H2,1-2H3. The van der Waals surface area contributed by atoms with E-state index < -0.39 is 0 Å². The third-order valence-corrected chi connectivity index (χ3v) is 3.76. The van der Waals surface area contributed by atoms with Crippen LogP contribution in [0.3, 0.4) is 0 Å². The highest BCUT2D eigenvalue weighted by Gasteiger charge is 2.14. The Kier molecular flexibility index (Phi) is 4.69.